The van der Waals surface area contributed by atoms with Gasteiger partial charge in [-0.3, -0.25) is 9.59 Å². The van der Waals surface area contributed by atoms with E-state index in [0.717, 1.165) is 0 Å². The van der Waals surface area contributed by atoms with Crippen molar-refractivity contribution in [1.29, 1.82) is 0 Å². The highest BCUT2D eigenvalue weighted by Crippen LogP contribution is 2.16. The number of amides is 1. The summed E-state index contributed by atoms with van der Waals surface area (Å²) in [4.78, 5) is 22.1. The minimum Gasteiger partial charge on any atom is -0.497 e. The summed E-state index contributed by atoms with van der Waals surface area (Å²) in [5.41, 5.74) is 0. The second kappa shape index (κ2) is 8.04. The Kier molecular flexibility index (Phi) is 6.36. The first-order chi connectivity index (χ1) is 9.52. The molecule has 1 unspecified atom stereocenters. The summed E-state index contributed by atoms with van der Waals surface area (Å²) in [7, 11) is 1.57. The van der Waals surface area contributed by atoms with E-state index in [-0.39, 0.29) is 12.5 Å². The summed E-state index contributed by atoms with van der Waals surface area (Å²) < 4.78 is 10.3. The van der Waals surface area contributed by atoms with E-state index in [9.17, 15) is 9.59 Å². The Morgan fingerprint density at radius 2 is 1.85 bits per heavy atom. The van der Waals surface area contributed by atoms with Crippen molar-refractivity contribution in [3.8, 4) is 11.5 Å². The average molecular weight is 281 g/mol. The van der Waals surface area contributed by atoms with Crippen LogP contribution in [0.5, 0.6) is 11.5 Å². The number of carbonyl (C=O) groups is 2. The molecule has 0 radical (unpaired) electrons. The summed E-state index contributed by atoms with van der Waals surface area (Å²) in [6.07, 6.45) is 0.392. The van der Waals surface area contributed by atoms with Gasteiger partial charge in [-0.25, -0.2) is 0 Å². The maximum absolute atomic E-state index is 11.5. The highest BCUT2D eigenvalue weighted by molar-refractivity contribution is 5.77. The first-order valence-electron chi connectivity index (χ1n) is 6.29. The standard InChI is InChI=1S/C14H19NO5/c1-10(14(17)18)7-8-15-13(16)9-20-12-5-3-11(19-2)4-6-12/h3-6,10H,7-9H2,1-2H3,(H,15,16)(H,17,18). The highest BCUT2D eigenvalue weighted by Gasteiger charge is 2.11. The van der Waals surface area contributed by atoms with Crippen molar-refractivity contribution in [3.63, 3.8) is 0 Å². The lowest BCUT2D eigenvalue weighted by molar-refractivity contribution is -0.141. The topological polar surface area (TPSA) is 84.9 Å². The fourth-order valence-electron chi connectivity index (χ4n) is 1.42. The van der Waals surface area contributed by atoms with Crippen LogP contribution in [0.15, 0.2) is 24.3 Å². The highest BCUT2D eigenvalue weighted by atomic mass is 16.5. The zero-order chi connectivity index (χ0) is 15.0. The molecule has 6 heteroatoms. The van der Waals surface area contributed by atoms with Crippen LogP contribution < -0.4 is 14.8 Å². The van der Waals surface area contributed by atoms with Crippen LogP contribution >= 0.6 is 0 Å². The van der Waals surface area contributed by atoms with Crippen molar-refractivity contribution >= 4 is 11.9 Å². The van der Waals surface area contributed by atoms with Gasteiger partial charge in [-0.1, -0.05) is 6.92 Å². The maximum Gasteiger partial charge on any atom is 0.306 e. The van der Waals surface area contributed by atoms with Gasteiger partial charge in [0, 0.05) is 6.54 Å². The summed E-state index contributed by atoms with van der Waals surface area (Å²) in [6, 6.07) is 6.89. The summed E-state index contributed by atoms with van der Waals surface area (Å²) in [5.74, 6) is -0.339. The predicted octanol–water partition coefficient (Wildman–Crippen LogP) is 1.30. The zero-order valence-corrected chi connectivity index (χ0v) is 11.6. The molecule has 1 aromatic carbocycles. The molecule has 0 fully saturated rings. The van der Waals surface area contributed by atoms with Crippen molar-refractivity contribution in [3.05, 3.63) is 24.3 Å². The van der Waals surface area contributed by atoms with Gasteiger partial charge in [0.25, 0.3) is 5.91 Å². The van der Waals surface area contributed by atoms with Gasteiger partial charge in [0.05, 0.1) is 13.0 Å². The van der Waals surface area contributed by atoms with Crippen LogP contribution in [-0.4, -0.2) is 37.2 Å². The van der Waals surface area contributed by atoms with Crippen molar-refractivity contribution in [1.82, 2.24) is 5.32 Å². The van der Waals surface area contributed by atoms with Gasteiger partial charge in [-0.05, 0) is 30.7 Å². The molecule has 1 atom stereocenters. The third kappa shape index (κ3) is 5.60. The van der Waals surface area contributed by atoms with Crippen molar-refractivity contribution < 1.29 is 24.2 Å². The smallest absolute Gasteiger partial charge is 0.306 e. The maximum atomic E-state index is 11.5. The zero-order valence-electron chi connectivity index (χ0n) is 11.6. The van der Waals surface area contributed by atoms with Crippen LogP contribution in [0.25, 0.3) is 0 Å². The number of aliphatic carboxylic acids is 1. The Bertz CT molecular complexity index is 443. The van der Waals surface area contributed by atoms with Crippen molar-refractivity contribution in [2.45, 2.75) is 13.3 Å². The minimum absolute atomic E-state index is 0.103. The molecule has 0 bridgehead atoms. The monoisotopic (exact) mass is 281 g/mol. The molecule has 20 heavy (non-hydrogen) atoms. The van der Waals surface area contributed by atoms with Gasteiger partial charge in [-0.2, -0.15) is 0 Å². The Labute approximate surface area is 117 Å². The molecular weight excluding hydrogens is 262 g/mol. The second-order valence-corrected chi connectivity index (χ2v) is 4.34. The number of ether oxygens (including phenoxy) is 2. The number of nitrogens with one attached hydrogen (secondary N) is 1. The van der Waals surface area contributed by atoms with Crippen LogP contribution in [0.1, 0.15) is 13.3 Å². The molecule has 0 saturated carbocycles. The predicted molar refractivity (Wildman–Crippen MR) is 72.9 cm³/mol. The lowest BCUT2D eigenvalue weighted by Gasteiger charge is -2.09. The van der Waals surface area contributed by atoms with Crippen molar-refractivity contribution in [2.75, 3.05) is 20.3 Å². The summed E-state index contributed by atoms with van der Waals surface area (Å²) >= 11 is 0. The molecule has 0 spiro atoms. The van der Waals surface area contributed by atoms with Gasteiger partial charge >= 0.3 is 5.97 Å². The van der Waals surface area contributed by atoms with Gasteiger partial charge < -0.3 is 19.9 Å². The van der Waals surface area contributed by atoms with Crippen molar-refractivity contribution in [2.24, 2.45) is 5.92 Å². The molecule has 0 aliphatic heterocycles. The van der Waals surface area contributed by atoms with Gasteiger partial charge in [0.1, 0.15) is 11.5 Å². The van der Waals surface area contributed by atoms with Crippen LogP contribution in [0.2, 0.25) is 0 Å². The normalized spacial score (nSPS) is 11.5. The Morgan fingerprint density at radius 3 is 2.40 bits per heavy atom. The van der Waals surface area contributed by atoms with E-state index >= 15 is 0 Å². The Balaban J connectivity index is 2.23. The quantitative estimate of drug-likeness (QED) is 0.750. The molecule has 1 aromatic rings. The van der Waals surface area contributed by atoms with E-state index in [0.29, 0.717) is 24.5 Å². The van der Waals surface area contributed by atoms with Crippen LogP contribution in [-0.2, 0) is 9.59 Å². The van der Waals surface area contributed by atoms with E-state index in [4.69, 9.17) is 14.6 Å². The third-order valence-electron chi connectivity index (χ3n) is 2.75. The lowest BCUT2D eigenvalue weighted by atomic mass is 10.1. The number of carboxylic acids is 1. The van der Waals surface area contributed by atoms with E-state index in [1.165, 1.54) is 0 Å². The average Bonchev–Trinajstić information content (AvgIpc) is 2.45. The number of carbonyl (C=O) groups excluding carboxylic acids is 1. The van der Waals surface area contributed by atoms with E-state index in [1.807, 2.05) is 0 Å². The summed E-state index contributed by atoms with van der Waals surface area (Å²) in [6.45, 7) is 1.81. The number of benzene rings is 1. The van der Waals surface area contributed by atoms with Crippen LogP contribution in [0.4, 0.5) is 0 Å². The molecule has 6 nitrogen and oxygen atoms in total. The molecule has 0 aliphatic carbocycles. The molecular formula is C14H19NO5. The molecule has 0 saturated heterocycles. The molecule has 1 rings (SSSR count). The largest absolute Gasteiger partial charge is 0.497 e. The molecule has 0 aromatic heterocycles. The number of carboxylic acid groups (broad SMARTS) is 1. The number of hydrogen-bond acceptors (Lipinski definition) is 4. The Hall–Kier alpha value is -2.24. The Morgan fingerprint density at radius 1 is 1.25 bits per heavy atom. The van der Waals surface area contributed by atoms with E-state index in [1.54, 1.807) is 38.3 Å². The second-order valence-electron chi connectivity index (χ2n) is 4.34. The van der Waals surface area contributed by atoms with Gasteiger partial charge in [-0.15, -0.1) is 0 Å². The third-order valence-corrected chi connectivity index (χ3v) is 2.75. The molecule has 1 amide bonds. The lowest BCUT2D eigenvalue weighted by Crippen LogP contribution is -2.31. The molecule has 0 aliphatic rings. The van der Waals surface area contributed by atoms with Crippen LogP contribution in [0, 0.1) is 5.92 Å². The van der Waals surface area contributed by atoms with E-state index < -0.39 is 11.9 Å². The number of methoxy groups -OCH3 is 1. The fraction of sp³-hybridized carbons (Fsp3) is 0.429. The summed E-state index contributed by atoms with van der Waals surface area (Å²) in [5, 5.41) is 11.3. The number of rotatable bonds is 8. The molecule has 2 N–H and O–H groups in total. The van der Waals surface area contributed by atoms with Gasteiger partial charge in [0.15, 0.2) is 6.61 Å². The van der Waals surface area contributed by atoms with E-state index in [2.05, 4.69) is 5.32 Å². The minimum atomic E-state index is -0.867. The molecule has 0 heterocycles. The molecule has 110 valence electrons. The SMILES string of the molecule is COc1ccc(OCC(=O)NCCC(C)C(=O)O)cc1. The van der Waals surface area contributed by atoms with Crippen LogP contribution in [0.3, 0.4) is 0 Å². The number of hydrogen-bond donors (Lipinski definition) is 2. The first kappa shape index (κ1) is 15.8. The fourth-order valence-corrected chi connectivity index (χ4v) is 1.42. The first-order valence-corrected chi connectivity index (χ1v) is 6.29. The van der Waals surface area contributed by atoms with Gasteiger partial charge in [0.2, 0.25) is 0 Å².